The number of aromatic nitrogens is 3. The van der Waals surface area contributed by atoms with Gasteiger partial charge in [-0.3, -0.25) is 4.90 Å². The Balaban J connectivity index is 1.72. The highest BCUT2D eigenvalue weighted by Gasteiger charge is 2.19. The van der Waals surface area contributed by atoms with Crippen LogP contribution in [-0.4, -0.2) is 26.2 Å². The van der Waals surface area contributed by atoms with Gasteiger partial charge in [-0.05, 0) is 6.07 Å². The van der Waals surface area contributed by atoms with Crippen molar-refractivity contribution >= 4 is 0 Å². The third-order valence-electron chi connectivity index (χ3n) is 3.14. The van der Waals surface area contributed by atoms with Crippen LogP contribution in [0.15, 0.2) is 23.1 Å². The van der Waals surface area contributed by atoms with Crippen molar-refractivity contribution in [3.05, 3.63) is 35.8 Å². The van der Waals surface area contributed by atoms with Crippen LogP contribution in [0, 0.1) is 0 Å². The van der Waals surface area contributed by atoms with Gasteiger partial charge < -0.3 is 14.7 Å². The Morgan fingerprint density at radius 1 is 1.41 bits per heavy atom. The second-order valence-corrected chi connectivity index (χ2v) is 4.22. The highest BCUT2D eigenvalue weighted by molar-refractivity contribution is 5.16. The van der Waals surface area contributed by atoms with E-state index in [2.05, 4.69) is 19.7 Å². The maximum atomic E-state index is 5.66. The van der Waals surface area contributed by atoms with E-state index in [0.717, 1.165) is 43.3 Å². The maximum absolute atomic E-state index is 5.66. The molecule has 6 heteroatoms. The average Bonchev–Trinajstić information content (AvgIpc) is 2.96. The Labute approximate surface area is 99.0 Å². The molecule has 6 nitrogen and oxygen atoms in total. The molecule has 0 unspecified atom stereocenters. The van der Waals surface area contributed by atoms with Crippen molar-refractivity contribution in [2.45, 2.75) is 26.2 Å². The molecule has 0 saturated carbocycles. The van der Waals surface area contributed by atoms with E-state index in [1.54, 1.807) is 12.6 Å². The van der Waals surface area contributed by atoms with Crippen LogP contribution in [0.4, 0.5) is 0 Å². The summed E-state index contributed by atoms with van der Waals surface area (Å²) in [5, 5.41) is 8.01. The second kappa shape index (κ2) is 4.31. The van der Waals surface area contributed by atoms with Crippen LogP contribution in [-0.2, 0) is 26.2 Å². The zero-order valence-corrected chi connectivity index (χ0v) is 9.54. The van der Waals surface area contributed by atoms with Gasteiger partial charge in [0.15, 0.2) is 0 Å². The molecule has 1 aliphatic rings. The maximum Gasteiger partial charge on any atom is 0.147 e. The molecule has 0 aromatic carbocycles. The molecular formula is C11H15N5O. The molecular weight excluding hydrogens is 218 g/mol. The van der Waals surface area contributed by atoms with Crippen LogP contribution >= 0.6 is 0 Å². The van der Waals surface area contributed by atoms with Crippen molar-refractivity contribution in [3.63, 3.8) is 0 Å². The predicted molar refractivity (Wildman–Crippen MR) is 60.7 cm³/mol. The number of nitrogens with zero attached hydrogens (tertiary/aromatic N) is 4. The third kappa shape index (κ3) is 1.96. The molecule has 2 aromatic heterocycles. The van der Waals surface area contributed by atoms with Gasteiger partial charge in [0, 0.05) is 25.2 Å². The molecule has 0 fully saturated rings. The van der Waals surface area contributed by atoms with Crippen molar-refractivity contribution in [1.82, 2.24) is 19.7 Å². The van der Waals surface area contributed by atoms with Crippen molar-refractivity contribution in [2.24, 2.45) is 5.73 Å². The smallest absolute Gasteiger partial charge is 0.147 e. The summed E-state index contributed by atoms with van der Waals surface area (Å²) in [7, 11) is 0. The van der Waals surface area contributed by atoms with Gasteiger partial charge in [0.1, 0.15) is 17.9 Å². The third-order valence-corrected chi connectivity index (χ3v) is 3.14. The minimum absolute atomic E-state index is 0.524. The van der Waals surface area contributed by atoms with Gasteiger partial charge in [0.05, 0.1) is 19.4 Å². The molecule has 2 N–H and O–H groups in total. The minimum atomic E-state index is 0.524. The van der Waals surface area contributed by atoms with Crippen LogP contribution in [0.25, 0.3) is 0 Å². The van der Waals surface area contributed by atoms with E-state index in [0.29, 0.717) is 6.54 Å². The van der Waals surface area contributed by atoms with E-state index >= 15 is 0 Å². The predicted octanol–water partition coefficient (Wildman–Crippen LogP) is 0.346. The molecule has 0 aliphatic carbocycles. The minimum Gasteiger partial charge on any atom is -0.468 e. The number of fused-ring (bicyclic) bond motifs is 1. The van der Waals surface area contributed by atoms with Crippen molar-refractivity contribution in [1.29, 1.82) is 0 Å². The van der Waals surface area contributed by atoms with Gasteiger partial charge in [-0.2, -0.15) is 0 Å². The first-order chi connectivity index (χ1) is 8.36. The summed E-state index contributed by atoms with van der Waals surface area (Å²) in [4.78, 5) is 2.29. The van der Waals surface area contributed by atoms with E-state index < -0.39 is 0 Å². The Bertz CT molecular complexity index is 503. The average molecular weight is 233 g/mol. The normalized spacial score (nSPS) is 16.1. The summed E-state index contributed by atoms with van der Waals surface area (Å²) in [5.41, 5.74) is 6.74. The topological polar surface area (TPSA) is 73.1 Å². The standard InChI is InChI=1S/C11H15N5O/c12-5-9-1-4-17-10(9)6-15-2-3-16-8-13-14-11(16)7-15/h1,4,8H,2-3,5-7,12H2. The van der Waals surface area contributed by atoms with Crippen LogP contribution in [0.5, 0.6) is 0 Å². The van der Waals surface area contributed by atoms with Gasteiger partial charge in [0.25, 0.3) is 0 Å². The number of nitrogens with two attached hydrogens (primary N) is 1. The molecule has 17 heavy (non-hydrogen) atoms. The summed E-state index contributed by atoms with van der Waals surface area (Å²) in [6.07, 6.45) is 3.48. The molecule has 1 aliphatic heterocycles. The fourth-order valence-electron chi connectivity index (χ4n) is 2.14. The molecule has 0 bridgehead atoms. The summed E-state index contributed by atoms with van der Waals surface area (Å²) in [5.74, 6) is 1.97. The number of hydrogen-bond donors (Lipinski definition) is 1. The number of furan rings is 1. The van der Waals surface area contributed by atoms with Crippen LogP contribution < -0.4 is 5.73 Å². The Morgan fingerprint density at radius 3 is 3.24 bits per heavy atom. The van der Waals surface area contributed by atoms with E-state index in [9.17, 15) is 0 Å². The van der Waals surface area contributed by atoms with Gasteiger partial charge in [-0.25, -0.2) is 0 Å². The summed E-state index contributed by atoms with van der Waals surface area (Å²) >= 11 is 0. The molecule has 0 amide bonds. The highest BCUT2D eigenvalue weighted by Crippen LogP contribution is 2.16. The zero-order chi connectivity index (χ0) is 11.7. The summed E-state index contributed by atoms with van der Waals surface area (Å²) in [6.45, 7) is 4.03. The molecule has 90 valence electrons. The first-order valence-electron chi connectivity index (χ1n) is 5.71. The van der Waals surface area contributed by atoms with Gasteiger partial charge in [0.2, 0.25) is 0 Å². The fraction of sp³-hybridized carbons (Fsp3) is 0.455. The lowest BCUT2D eigenvalue weighted by atomic mass is 10.2. The first-order valence-corrected chi connectivity index (χ1v) is 5.71. The Morgan fingerprint density at radius 2 is 2.35 bits per heavy atom. The van der Waals surface area contributed by atoms with Gasteiger partial charge >= 0.3 is 0 Å². The molecule has 3 heterocycles. The molecule has 0 radical (unpaired) electrons. The Hall–Kier alpha value is -1.66. The number of rotatable bonds is 3. The molecule has 3 rings (SSSR count). The first kappa shape index (κ1) is 10.5. The summed E-state index contributed by atoms with van der Waals surface area (Å²) < 4.78 is 7.55. The fourth-order valence-corrected chi connectivity index (χ4v) is 2.14. The highest BCUT2D eigenvalue weighted by atomic mass is 16.3. The number of hydrogen-bond acceptors (Lipinski definition) is 5. The molecule has 0 atom stereocenters. The van der Waals surface area contributed by atoms with E-state index in [1.807, 2.05) is 6.07 Å². The van der Waals surface area contributed by atoms with Crippen molar-refractivity contribution < 1.29 is 4.42 Å². The van der Waals surface area contributed by atoms with Gasteiger partial charge in [-0.15, -0.1) is 10.2 Å². The van der Waals surface area contributed by atoms with Gasteiger partial charge in [-0.1, -0.05) is 0 Å². The zero-order valence-electron chi connectivity index (χ0n) is 9.54. The quantitative estimate of drug-likeness (QED) is 0.828. The lowest BCUT2D eigenvalue weighted by molar-refractivity contribution is 0.193. The lowest BCUT2D eigenvalue weighted by Crippen LogP contribution is -2.33. The van der Waals surface area contributed by atoms with E-state index in [4.69, 9.17) is 10.2 Å². The summed E-state index contributed by atoms with van der Waals surface area (Å²) in [6, 6.07) is 1.93. The van der Waals surface area contributed by atoms with Crippen molar-refractivity contribution in [3.8, 4) is 0 Å². The van der Waals surface area contributed by atoms with E-state index in [-0.39, 0.29) is 0 Å². The SMILES string of the molecule is NCc1ccoc1CN1CCn2cnnc2C1. The van der Waals surface area contributed by atoms with Crippen LogP contribution in [0.2, 0.25) is 0 Å². The van der Waals surface area contributed by atoms with Crippen molar-refractivity contribution in [2.75, 3.05) is 6.54 Å². The lowest BCUT2D eigenvalue weighted by Gasteiger charge is -2.26. The molecule has 0 saturated heterocycles. The largest absolute Gasteiger partial charge is 0.468 e. The van der Waals surface area contributed by atoms with Crippen LogP contribution in [0.3, 0.4) is 0 Å². The molecule has 0 spiro atoms. The van der Waals surface area contributed by atoms with E-state index in [1.165, 1.54) is 0 Å². The molecule has 2 aromatic rings. The van der Waals surface area contributed by atoms with Crippen LogP contribution in [0.1, 0.15) is 17.1 Å². The Kier molecular flexibility index (Phi) is 2.66. The second-order valence-electron chi connectivity index (χ2n) is 4.22. The monoisotopic (exact) mass is 233 g/mol.